The highest BCUT2D eigenvalue weighted by Crippen LogP contribution is 2.43. The van der Waals surface area contributed by atoms with Gasteiger partial charge in [-0.15, -0.1) is 0 Å². The van der Waals surface area contributed by atoms with Crippen LogP contribution in [-0.2, 0) is 20.9 Å². The maximum atomic E-state index is 13.6. The predicted molar refractivity (Wildman–Crippen MR) is 183 cm³/mol. The third kappa shape index (κ3) is 6.21. The van der Waals surface area contributed by atoms with Crippen LogP contribution in [0.3, 0.4) is 0 Å². The number of aromatic nitrogens is 3. The summed E-state index contributed by atoms with van der Waals surface area (Å²) < 4.78 is 5.86. The first-order chi connectivity index (χ1) is 23.1. The summed E-state index contributed by atoms with van der Waals surface area (Å²) in [6.07, 6.45) is 6.43. The van der Waals surface area contributed by atoms with E-state index in [0.29, 0.717) is 44.9 Å². The van der Waals surface area contributed by atoms with E-state index < -0.39 is 5.91 Å². The van der Waals surface area contributed by atoms with Gasteiger partial charge in [0.15, 0.2) is 11.8 Å². The molecule has 48 heavy (non-hydrogen) atoms. The first-order valence-corrected chi connectivity index (χ1v) is 16.7. The van der Waals surface area contributed by atoms with Crippen LogP contribution in [-0.4, -0.2) is 80.8 Å². The number of allylic oxidation sites excluding steroid dienone is 1. The largest absolute Gasteiger partial charge is 0.506 e. The fraction of sp³-hybridized carbons (Fsp3) is 0.353. The van der Waals surface area contributed by atoms with E-state index in [4.69, 9.17) is 32.0 Å². The summed E-state index contributed by atoms with van der Waals surface area (Å²) in [6.45, 7) is 5.69. The number of nitrogens with two attached hydrogens (primary N) is 1. The van der Waals surface area contributed by atoms with Gasteiger partial charge >= 0.3 is 0 Å². The second-order valence-corrected chi connectivity index (χ2v) is 13.6. The van der Waals surface area contributed by atoms with Crippen molar-refractivity contribution in [1.29, 1.82) is 0 Å². The number of nitrogens with one attached hydrogen (secondary N) is 1. The van der Waals surface area contributed by atoms with Crippen molar-refractivity contribution in [2.45, 2.75) is 55.4 Å². The van der Waals surface area contributed by atoms with Crippen LogP contribution in [0.2, 0.25) is 5.02 Å². The standard InChI is InChI=1S/C34H36ClN7O5S/c1-19-33(40-24(16-43)31(38-19)42-13-9-34(10-14-42)18-47-20(2)30(34)36)48-26-6-4-5-23(28(26)35)39-32(46)27-25(17-44)41(3)15-22(29(27)45)21-7-11-37-12-8-21/h4-8,11-12,15,20,30,43,45H,9-10,13-14,16,18,36H2,1-3H3,(H,39,46)/t20-,30+/m0/s1. The minimum Gasteiger partial charge on any atom is -0.506 e. The zero-order valence-corrected chi connectivity index (χ0v) is 28.3. The van der Waals surface area contributed by atoms with Gasteiger partial charge in [0.1, 0.15) is 27.7 Å². The number of aryl methyl sites for hydroxylation is 1. The van der Waals surface area contributed by atoms with Gasteiger partial charge in [0, 0.05) is 60.7 Å². The molecule has 0 bridgehead atoms. The van der Waals surface area contributed by atoms with Gasteiger partial charge in [-0.2, -0.15) is 0 Å². The molecule has 2 fully saturated rings. The van der Waals surface area contributed by atoms with Crippen LogP contribution in [0.5, 0.6) is 0 Å². The Bertz CT molecular complexity index is 1860. The topological polar surface area (TPSA) is 167 Å². The third-order valence-electron chi connectivity index (χ3n) is 9.27. The number of amides is 1. The quantitative estimate of drug-likeness (QED) is 0.261. The molecule has 2 saturated heterocycles. The number of benzene rings is 1. The first-order valence-electron chi connectivity index (χ1n) is 15.5. The highest BCUT2D eigenvalue weighted by molar-refractivity contribution is 7.99. The molecule has 1 amide bonds. The number of carbonyl (C=O) groups is 1. The Morgan fingerprint density at radius 2 is 1.96 bits per heavy atom. The molecule has 3 aromatic rings. The molecule has 2 aromatic heterocycles. The van der Waals surface area contributed by atoms with Crippen LogP contribution in [0, 0.1) is 12.3 Å². The van der Waals surface area contributed by atoms with Gasteiger partial charge in [0.2, 0.25) is 0 Å². The van der Waals surface area contributed by atoms with Crippen molar-refractivity contribution in [2.75, 3.05) is 37.0 Å². The molecule has 0 unspecified atom stereocenters. The van der Waals surface area contributed by atoms with Crippen LogP contribution in [0.4, 0.5) is 11.5 Å². The summed E-state index contributed by atoms with van der Waals surface area (Å²) in [7, 11) is 1.59. The first kappa shape index (κ1) is 33.7. The Kier molecular flexibility index (Phi) is 9.62. The molecule has 14 heteroatoms. The lowest BCUT2D eigenvalue weighted by Crippen LogP contribution is -2.51. The molecule has 0 aliphatic carbocycles. The molecule has 1 spiro atoms. The number of likely N-dealkylation sites (N-methyl/N-ethyl adjacent to an activating group) is 1. The maximum absolute atomic E-state index is 13.6. The number of hydrogen-bond donors (Lipinski definition) is 4. The number of ether oxygens (including phenoxy) is 1. The Morgan fingerprint density at radius 1 is 1.23 bits per heavy atom. The predicted octanol–water partition coefficient (Wildman–Crippen LogP) is 4.26. The van der Waals surface area contributed by atoms with Gasteiger partial charge < -0.3 is 35.8 Å². The molecule has 250 valence electrons. The van der Waals surface area contributed by atoms with Crippen LogP contribution in [0.15, 0.2) is 75.9 Å². The second-order valence-electron chi connectivity index (χ2n) is 12.2. The van der Waals surface area contributed by atoms with Crippen LogP contribution in [0.1, 0.15) is 36.7 Å². The summed E-state index contributed by atoms with van der Waals surface area (Å²) in [6, 6.07) is 8.47. The second kappa shape index (κ2) is 13.7. The lowest BCUT2D eigenvalue weighted by molar-refractivity contribution is -0.112. The summed E-state index contributed by atoms with van der Waals surface area (Å²) >= 11 is 8.06. The molecule has 5 N–H and O–H groups in total. The molecule has 3 aliphatic rings. The number of carbonyl (C=O) groups excluding carboxylic acids is 2. The van der Waals surface area contributed by atoms with Crippen LogP contribution < -0.4 is 16.0 Å². The number of piperidine rings is 1. The van der Waals surface area contributed by atoms with Crippen molar-refractivity contribution in [3.8, 4) is 0 Å². The smallest absolute Gasteiger partial charge is 0.262 e. The van der Waals surface area contributed by atoms with E-state index >= 15 is 0 Å². The van der Waals surface area contributed by atoms with Gasteiger partial charge in [0.25, 0.3) is 5.91 Å². The molecule has 0 radical (unpaired) electrons. The number of anilines is 2. The van der Waals surface area contributed by atoms with Crippen molar-refractivity contribution in [3.63, 3.8) is 0 Å². The minimum absolute atomic E-state index is 0.00910. The van der Waals surface area contributed by atoms with Gasteiger partial charge in [-0.25, -0.2) is 14.8 Å². The minimum atomic E-state index is -0.743. The van der Waals surface area contributed by atoms with Crippen molar-refractivity contribution >= 4 is 52.3 Å². The normalized spacial score (nSPS) is 20.6. The van der Waals surface area contributed by atoms with Gasteiger partial charge in [0.05, 0.1) is 35.7 Å². The molecule has 0 saturated carbocycles. The van der Waals surface area contributed by atoms with E-state index in [2.05, 4.69) is 15.2 Å². The number of rotatable bonds is 7. The summed E-state index contributed by atoms with van der Waals surface area (Å²) in [5, 5.41) is 25.0. The van der Waals surface area contributed by atoms with Gasteiger partial charge in [-0.1, -0.05) is 29.4 Å². The molecule has 12 nitrogen and oxygen atoms in total. The Hall–Kier alpha value is -4.23. The Morgan fingerprint density at radius 3 is 2.60 bits per heavy atom. The molecule has 2 atom stereocenters. The summed E-state index contributed by atoms with van der Waals surface area (Å²) in [4.78, 5) is 43.3. The number of aliphatic hydroxyl groups is 2. The zero-order chi connectivity index (χ0) is 34.2. The van der Waals surface area contributed by atoms with E-state index in [-0.39, 0.29) is 51.9 Å². The average Bonchev–Trinajstić information content (AvgIpc) is 3.36. The third-order valence-corrected chi connectivity index (χ3v) is 10.9. The van der Waals surface area contributed by atoms with E-state index in [1.807, 2.05) is 13.8 Å². The number of pyridine rings is 1. The van der Waals surface area contributed by atoms with E-state index in [0.717, 1.165) is 25.9 Å². The fourth-order valence-electron chi connectivity index (χ4n) is 6.42. The Labute approximate surface area is 287 Å². The number of nitrogens with zero attached hydrogens (tertiary/aromatic N) is 5. The van der Waals surface area contributed by atoms with Crippen molar-refractivity contribution < 1.29 is 24.5 Å². The fourth-order valence-corrected chi connectivity index (χ4v) is 7.61. The van der Waals surface area contributed by atoms with Crippen molar-refractivity contribution in [2.24, 2.45) is 11.1 Å². The lowest BCUT2D eigenvalue weighted by atomic mass is 9.73. The Balaban J connectivity index is 1.22. The van der Waals surface area contributed by atoms with E-state index in [9.17, 15) is 19.8 Å². The summed E-state index contributed by atoms with van der Waals surface area (Å²) in [5.74, 6) is 1.29. The van der Waals surface area contributed by atoms with E-state index in [1.165, 1.54) is 16.7 Å². The maximum Gasteiger partial charge on any atom is 0.262 e. The monoisotopic (exact) mass is 689 g/mol. The van der Waals surface area contributed by atoms with E-state index in [1.54, 1.807) is 61.9 Å². The highest BCUT2D eigenvalue weighted by atomic mass is 35.5. The molecule has 3 aliphatic heterocycles. The highest BCUT2D eigenvalue weighted by Gasteiger charge is 2.47. The molecule has 5 heterocycles. The summed E-state index contributed by atoms with van der Waals surface area (Å²) in [5.41, 5.74) is 8.39. The van der Waals surface area contributed by atoms with Crippen LogP contribution in [0.25, 0.3) is 5.57 Å². The average molecular weight is 690 g/mol. The number of aliphatic hydroxyl groups excluding tert-OH is 2. The SMILES string of the molecule is Cc1nc(N2CCC3(CC2)CO[C@@H](C)[C@H]3N)c(CO)nc1Sc1cccc(NC(=O)C2=C(O)C(c3ccncc3)=CN(C)C2=C=O)c1Cl. The number of hydrogen-bond acceptors (Lipinski definition) is 12. The molecular formula is C34H36ClN7O5S. The molecule has 1 aromatic carbocycles. The molecular weight excluding hydrogens is 654 g/mol. The van der Waals surface area contributed by atoms with Gasteiger partial charge in [-0.05, 0) is 56.5 Å². The van der Waals surface area contributed by atoms with Crippen molar-refractivity contribution in [3.05, 3.63) is 87.9 Å². The van der Waals surface area contributed by atoms with Crippen molar-refractivity contribution in [1.82, 2.24) is 19.9 Å². The number of halogens is 1. The zero-order valence-electron chi connectivity index (χ0n) is 26.7. The molecule has 6 rings (SSSR count). The van der Waals surface area contributed by atoms with Gasteiger partial charge in [-0.3, -0.25) is 9.78 Å². The lowest BCUT2D eigenvalue weighted by Gasteiger charge is -2.42. The van der Waals surface area contributed by atoms with Crippen LogP contribution >= 0.6 is 23.4 Å².